The molecule has 1 nitrogen and oxygen atoms in total. The summed E-state index contributed by atoms with van der Waals surface area (Å²) >= 11 is 0. The number of aliphatic hydroxyl groups is 1. The molecule has 1 aliphatic carbocycles. The van der Waals surface area contributed by atoms with Gasteiger partial charge in [-0.15, -0.1) is 0 Å². The van der Waals surface area contributed by atoms with Crippen molar-refractivity contribution in [2.45, 2.75) is 38.7 Å². The molecule has 1 unspecified atom stereocenters. The van der Waals surface area contributed by atoms with E-state index in [0.717, 1.165) is 12.0 Å². The SMILES string of the molecule is CCc1ccccc1C(O)C1CCC1. The van der Waals surface area contributed by atoms with Crippen LogP contribution in [0.1, 0.15) is 43.4 Å². The van der Waals surface area contributed by atoms with Gasteiger partial charge in [0.05, 0.1) is 6.10 Å². The number of aryl methyl sites for hydroxylation is 1. The summed E-state index contributed by atoms with van der Waals surface area (Å²) in [4.78, 5) is 0. The van der Waals surface area contributed by atoms with Gasteiger partial charge in [-0.25, -0.2) is 0 Å². The lowest BCUT2D eigenvalue weighted by Crippen LogP contribution is -2.20. The average molecular weight is 190 g/mol. The molecule has 1 heteroatoms. The van der Waals surface area contributed by atoms with Gasteiger partial charge >= 0.3 is 0 Å². The van der Waals surface area contributed by atoms with Crippen LogP contribution in [-0.2, 0) is 6.42 Å². The van der Waals surface area contributed by atoms with Gasteiger partial charge in [0.2, 0.25) is 0 Å². The fourth-order valence-corrected chi connectivity index (χ4v) is 2.15. The molecular weight excluding hydrogens is 172 g/mol. The van der Waals surface area contributed by atoms with Crippen LogP contribution in [0.25, 0.3) is 0 Å². The molecule has 0 saturated heterocycles. The smallest absolute Gasteiger partial charge is 0.0820 e. The quantitative estimate of drug-likeness (QED) is 0.776. The van der Waals surface area contributed by atoms with E-state index in [-0.39, 0.29) is 6.10 Å². The third kappa shape index (κ3) is 1.69. The molecule has 0 radical (unpaired) electrons. The zero-order valence-corrected chi connectivity index (χ0v) is 8.74. The van der Waals surface area contributed by atoms with E-state index in [9.17, 15) is 5.11 Å². The summed E-state index contributed by atoms with van der Waals surface area (Å²) in [5.41, 5.74) is 2.45. The van der Waals surface area contributed by atoms with Crippen LogP contribution in [0.3, 0.4) is 0 Å². The zero-order valence-electron chi connectivity index (χ0n) is 8.74. The number of hydrogen-bond acceptors (Lipinski definition) is 1. The molecule has 0 bridgehead atoms. The van der Waals surface area contributed by atoms with Gasteiger partial charge < -0.3 is 5.11 Å². The average Bonchev–Trinajstić information content (AvgIpc) is 2.15. The summed E-state index contributed by atoms with van der Waals surface area (Å²) in [5.74, 6) is 0.516. The highest BCUT2D eigenvalue weighted by Gasteiger charge is 2.27. The molecule has 0 amide bonds. The Balaban J connectivity index is 2.20. The minimum atomic E-state index is -0.222. The van der Waals surface area contributed by atoms with E-state index in [1.807, 2.05) is 6.07 Å². The Labute approximate surface area is 85.8 Å². The van der Waals surface area contributed by atoms with Crippen molar-refractivity contribution in [2.75, 3.05) is 0 Å². The summed E-state index contributed by atoms with van der Waals surface area (Å²) in [6.07, 6.45) is 4.47. The summed E-state index contributed by atoms with van der Waals surface area (Å²) < 4.78 is 0. The number of benzene rings is 1. The van der Waals surface area contributed by atoms with Crippen LogP contribution in [-0.4, -0.2) is 5.11 Å². The van der Waals surface area contributed by atoms with Gasteiger partial charge in [-0.1, -0.05) is 37.6 Å². The van der Waals surface area contributed by atoms with Crippen LogP contribution >= 0.6 is 0 Å². The normalized spacial score (nSPS) is 19.0. The van der Waals surface area contributed by atoms with Gasteiger partial charge in [-0.2, -0.15) is 0 Å². The lowest BCUT2D eigenvalue weighted by molar-refractivity contribution is 0.0614. The maximum Gasteiger partial charge on any atom is 0.0820 e. The van der Waals surface area contributed by atoms with Gasteiger partial charge in [0, 0.05) is 0 Å². The van der Waals surface area contributed by atoms with E-state index in [1.54, 1.807) is 0 Å². The fraction of sp³-hybridized carbons (Fsp3) is 0.538. The van der Waals surface area contributed by atoms with Gasteiger partial charge in [-0.3, -0.25) is 0 Å². The van der Waals surface area contributed by atoms with Crippen LogP contribution in [0, 0.1) is 5.92 Å². The number of aliphatic hydroxyl groups excluding tert-OH is 1. The first-order valence-electron chi connectivity index (χ1n) is 5.58. The molecule has 1 aromatic carbocycles. The Morgan fingerprint density at radius 1 is 1.36 bits per heavy atom. The second-order valence-electron chi connectivity index (χ2n) is 4.19. The third-order valence-corrected chi connectivity index (χ3v) is 3.35. The van der Waals surface area contributed by atoms with E-state index in [2.05, 4.69) is 25.1 Å². The Morgan fingerprint density at radius 3 is 2.64 bits per heavy atom. The first kappa shape index (κ1) is 9.72. The summed E-state index contributed by atoms with van der Waals surface area (Å²) in [6, 6.07) is 8.27. The van der Waals surface area contributed by atoms with E-state index < -0.39 is 0 Å². The highest BCUT2D eigenvalue weighted by molar-refractivity contribution is 5.29. The predicted octanol–water partition coefficient (Wildman–Crippen LogP) is 3.08. The van der Waals surface area contributed by atoms with E-state index in [1.165, 1.54) is 24.8 Å². The monoisotopic (exact) mass is 190 g/mol. The van der Waals surface area contributed by atoms with Crippen LogP contribution < -0.4 is 0 Å². The highest BCUT2D eigenvalue weighted by atomic mass is 16.3. The molecule has 2 rings (SSSR count). The van der Waals surface area contributed by atoms with Gasteiger partial charge in [0.25, 0.3) is 0 Å². The Kier molecular flexibility index (Phi) is 2.87. The molecule has 0 spiro atoms. The minimum Gasteiger partial charge on any atom is -0.388 e. The van der Waals surface area contributed by atoms with E-state index in [4.69, 9.17) is 0 Å². The summed E-state index contributed by atoms with van der Waals surface area (Å²) in [6.45, 7) is 2.15. The topological polar surface area (TPSA) is 20.2 Å². The number of hydrogen-bond donors (Lipinski definition) is 1. The second kappa shape index (κ2) is 4.14. The molecule has 76 valence electrons. The van der Waals surface area contributed by atoms with E-state index >= 15 is 0 Å². The van der Waals surface area contributed by atoms with Crippen LogP contribution in [0.15, 0.2) is 24.3 Å². The molecule has 1 aliphatic rings. The molecule has 1 atom stereocenters. The molecule has 1 N–H and O–H groups in total. The van der Waals surface area contributed by atoms with Gasteiger partial charge in [0.1, 0.15) is 0 Å². The van der Waals surface area contributed by atoms with Crippen LogP contribution in [0.2, 0.25) is 0 Å². The molecule has 0 aromatic heterocycles. The summed E-state index contributed by atoms with van der Waals surface area (Å²) in [5, 5.41) is 10.2. The lowest BCUT2D eigenvalue weighted by atomic mass is 9.78. The van der Waals surface area contributed by atoms with E-state index in [0.29, 0.717) is 5.92 Å². The van der Waals surface area contributed by atoms with Crippen molar-refractivity contribution in [1.82, 2.24) is 0 Å². The van der Waals surface area contributed by atoms with Crippen molar-refractivity contribution < 1.29 is 5.11 Å². The molecule has 0 aliphatic heterocycles. The van der Waals surface area contributed by atoms with Crippen molar-refractivity contribution in [3.8, 4) is 0 Å². The van der Waals surface area contributed by atoms with Crippen molar-refractivity contribution in [3.63, 3.8) is 0 Å². The first-order valence-corrected chi connectivity index (χ1v) is 5.58. The molecule has 1 saturated carbocycles. The van der Waals surface area contributed by atoms with Crippen molar-refractivity contribution >= 4 is 0 Å². The maximum absolute atomic E-state index is 10.2. The maximum atomic E-state index is 10.2. The minimum absolute atomic E-state index is 0.222. The molecular formula is C13H18O. The molecule has 1 fully saturated rings. The zero-order chi connectivity index (χ0) is 9.97. The van der Waals surface area contributed by atoms with Gasteiger partial charge in [-0.05, 0) is 36.3 Å². The highest BCUT2D eigenvalue weighted by Crippen LogP contribution is 2.38. The predicted molar refractivity (Wildman–Crippen MR) is 58.1 cm³/mol. The fourth-order valence-electron chi connectivity index (χ4n) is 2.15. The molecule has 14 heavy (non-hydrogen) atoms. The van der Waals surface area contributed by atoms with Crippen LogP contribution in [0.4, 0.5) is 0 Å². The Morgan fingerprint density at radius 2 is 2.07 bits per heavy atom. The number of rotatable bonds is 3. The standard InChI is InChI=1S/C13H18O/c1-2-10-6-3-4-9-12(10)13(14)11-7-5-8-11/h3-4,6,9,11,13-14H,2,5,7-8H2,1H3. The first-order chi connectivity index (χ1) is 6.83. The Bertz CT molecular complexity index is 302. The molecule has 0 heterocycles. The largest absolute Gasteiger partial charge is 0.388 e. The van der Waals surface area contributed by atoms with Gasteiger partial charge in [0.15, 0.2) is 0 Å². The Hall–Kier alpha value is -0.820. The van der Waals surface area contributed by atoms with Crippen molar-refractivity contribution in [1.29, 1.82) is 0 Å². The van der Waals surface area contributed by atoms with Crippen molar-refractivity contribution in [2.24, 2.45) is 5.92 Å². The second-order valence-corrected chi connectivity index (χ2v) is 4.19. The van der Waals surface area contributed by atoms with Crippen molar-refractivity contribution in [3.05, 3.63) is 35.4 Å². The lowest BCUT2D eigenvalue weighted by Gasteiger charge is -2.31. The summed E-state index contributed by atoms with van der Waals surface area (Å²) in [7, 11) is 0. The third-order valence-electron chi connectivity index (χ3n) is 3.35. The molecule has 1 aromatic rings. The van der Waals surface area contributed by atoms with Crippen LogP contribution in [0.5, 0.6) is 0 Å².